The Labute approximate surface area is 157 Å². The molecule has 1 aliphatic rings. The van der Waals surface area contributed by atoms with Crippen molar-refractivity contribution in [1.29, 1.82) is 0 Å². The van der Waals surface area contributed by atoms with E-state index < -0.39 is 10.0 Å². The molecule has 5 nitrogen and oxygen atoms in total. The minimum Gasteiger partial charge on any atom is -0.494 e. The Balaban J connectivity index is 1.67. The van der Waals surface area contributed by atoms with Crippen LogP contribution in [0.15, 0.2) is 47.4 Å². The molecule has 1 aliphatic heterocycles. The van der Waals surface area contributed by atoms with E-state index in [1.165, 1.54) is 4.31 Å². The van der Waals surface area contributed by atoms with Gasteiger partial charge in [-0.1, -0.05) is 11.6 Å². The number of hydrogen-bond acceptors (Lipinski definition) is 3. The Hall–Kier alpha value is -2.02. The number of hydrogen-bond donors (Lipinski definition) is 1. The van der Waals surface area contributed by atoms with Gasteiger partial charge < -0.3 is 9.72 Å². The topological polar surface area (TPSA) is 62.4 Å². The number of fused-ring (bicyclic) bond motifs is 3. The summed E-state index contributed by atoms with van der Waals surface area (Å²) in [6.45, 7) is 3.22. The van der Waals surface area contributed by atoms with E-state index >= 15 is 0 Å². The molecule has 0 radical (unpaired) electrons. The van der Waals surface area contributed by atoms with Crippen LogP contribution in [0.3, 0.4) is 0 Å². The summed E-state index contributed by atoms with van der Waals surface area (Å²) in [6, 6.07) is 12.2. The highest BCUT2D eigenvalue weighted by Crippen LogP contribution is 2.32. The molecule has 3 aromatic rings. The third-order valence-electron chi connectivity index (χ3n) is 4.67. The number of H-pyrrole nitrogens is 1. The Morgan fingerprint density at radius 2 is 1.96 bits per heavy atom. The van der Waals surface area contributed by atoms with Gasteiger partial charge in [0.15, 0.2) is 0 Å². The number of aromatic amines is 1. The van der Waals surface area contributed by atoms with Crippen LogP contribution in [0.5, 0.6) is 5.75 Å². The van der Waals surface area contributed by atoms with Crippen molar-refractivity contribution in [3.8, 4) is 5.75 Å². The lowest BCUT2D eigenvalue weighted by atomic mass is 10.1. The summed E-state index contributed by atoms with van der Waals surface area (Å²) in [5, 5.41) is 1.63. The zero-order valence-corrected chi connectivity index (χ0v) is 15.9. The smallest absolute Gasteiger partial charge is 0.243 e. The van der Waals surface area contributed by atoms with Crippen LogP contribution in [0.4, 0.5) is 0 Å². The Morgan fingerprint density at radius 1 is 1.19 bits per heavy atom. The van der Waals surface area contributed by atoms with Crippen LogP contribution in [0.25, 0.3) is 10.9 Å². The first kappa shape index (κ1) is 17.4. The minimum atomic E-state index is -3.56. The van der Waals surface area contributed by atoms with Crippen LogP contribution in [0.1, 0.15) is 18.2 Å². The van der Waals surface area contributed by atoms with E-state index in [2.05, 4.69) is 4.98 Å². The summed E-state index contributed by atoms with van der Waals surface area (Å²) < 4.78 is 33.0. The van der Waals surface area contributed by atoms with Gasteiger partial charge >= 0.3 is 0 Å². The molecule has 2 aromatic carbocycles. The summed E-state index contributed by atoms with van der Waals surface area (Å²) in [5.41, 5.74) is 3.07. The third kappa shape index (κ3) is 2.98. The van der Waals surface area contributed by atoms with Crippen molar-refractivity contribution in [3.63, 3.8) is 0 Å². The largest absolute Gasteiger partial charge is 0.494 e. The maximum absolute atomic E-state index is 13.0. The standard InChI is InChI=1S/C19H19ClN2O3S/c1-2-25-14-4-6-15(7-5-14)26(23,24)22-10-9-19-17(12-22)16-11-13(20)3-8-18(16)21-19/h3-8,11,21H,2,9-10,12H2,1H3. The highest BCUT2D eigenvalue weighted by molar-refractivity contribution is 7.89. The molecule has 0 spiro atoms. The second-order valence-corrected chi connectivity index (χ2v) is 8.64. The molecule has 7 heteroatoms. The lowest BCUT2D eigenvalue weighted by molar-refractivity contribution is 0.340. The SMILES string of the molecule is CCOc1ccc(S(=O)(=O)N2CCc3[nH]c4ccc(Cl)cc4c3C2)cc1. The lowest BCUT2D eigenvalue weighted by Gasteiger charge is -2.26. The van der Waals surface area contributed by atoms with Gasteiger partial charge in [-0.25, -0.2) is 8.42 Å². The summed E-state index contributed by atoms with van der Waals surface area (Å²) in [7, 11) is -3.56. The van der Waals surface area contributed by atoms with Gasteiger partial charge in [-0.2, -0.15) is 4.31 Å². The molecule has 0 amide bonds. The number of nitrogens with zero attached hydrogens (tertiary/aromatic N) is 1. The van der Waals surface area contributed by atoms with Gasteiger partial charge in [0, 0.05) is 41.1 Å². The number of halogens is 1. The molecule has 4 rings (SSSR count). The number of benzene rings is 2. The minimum absolute atomic E-state index is 0.280. The first-order valence-electron chi connectivity index (χ1n) is 8.51. The second-order valence-electron chi connectivity index (χ2n) is 6.27. The number of ether oxygens (including phenoxy) is 1. The monoisotopic (exact) mass is 390 g/mol. The van der Waals surface area contributed by atoms with Gasteiger partial charge in [-0.15, -0.1) is 0 Å². The van der Waals surface area contributed by atoms with E-state index in [1.807, 2.05) is 25.1 Å². The van der Waals surface area contributed by atoms with Crippen molar-refractivity contribution in [2.24, 2.45) is 0 Å². The maximum atomic E-state index is 13.0. The summed E-state index contributed by atoms with van der Waals surface area (Å²) in [5.74, 6) is 0.665. The number of rotatable bonds is 4. The zero-order chi connectivity index (χ0) is 18.3. The third-order valence-corrected chi connectivity index (χ3v) is 6.77. The molecular weight excluding hydrogens is 372 g/mol. The zero-order valence-electron chi connectivity index (χ0n) is 14.3. The second kappa shape index (κ2) is 6.61. The molecule has 0 saturated carbocycles. The quantitative estimate of drug-likeness (QED) is 0.733. The molecule has 0 atom stereocenters. The van der Waals surface area contributed by atoms with E-state index in [0.29, 0.717) is 36.9 Å². The van der Waals surface area contributed by atoms with Crippen LogP contribution in [-0.2, 0) is 23.0 Å². The summed E-state index contributed by atoms with van der Waals surface area (Å²) in [6.07, 6.45) is 0.651. The van der Waals surface area contributed by atoms with Crippen molar-refractivity contribution in [3.05, 3.63) is 58.7 Å². The van der Waals surface area contributed by atoms with Gasteiger partial charge in [-0.3, -0.25) is 0 Å². The molecule has 0 saturated heterocycles. The van der Waals surface area contributed by atoms with Crippen LogP contribution in [0.2, 0.25) is 5.02 Å². The van der Waals surface area contributed by atoms with Crippen molar-refractivity contribution in [2.45, 2.75) is 24.8 Å². The van der Waals surface area contributed by atoms with Gasteiger partial charge in [0.2, 0.25) is 10.0 Å². The lowest BCUT2D eigenvalue weighted by Crippen LogP contribution is -2.35. The van der Waals surface area contributed by atoms with Gasteiger partial charge in [0.05, 0.1) is 11.5 Å². The molecule has 0 fully saturated rings. The normalized spacial score (nSPS) is 15.2. The first-order chi connectivity index (χ1) is 12.5. The van der Waals surface area contributed by atoms with Crippen LogP contribution in [-0.4, -0.2) is 30.9 Å². The molecule has 136 valence electrons. The van der Waals surface area contributed by atoms with Gasteiger partial charge in [-0.05, 0) is 55.0 Å². The van der Waals surface area contributed by atoms with Gasteiger partial charge in [0.25, 0.3) is 0 Å². The molecule has 1 aromatic heterocycles. The molecule has 2 heterocycles. The van der Waals surface area contributed by atoms with E-state index in [0.717, 1.165) is 22.2 Å². The van der Waals surface area contributed by atoms with E-state index in [-0.39, 0.29) is 4.90 Å². The first-order valence-corrected chi connectivity index (χ1v) is 10.3. The summed E-state index contributed by atoms with van der Waals surface area (Å²) >= 11 is 6.12. The average Bonchev–Trinajstić information content (AvgIpc) is 2.99. The fraction of sp³-hybridized carbons (Fsp3) is 0.263. The molecule has 0 aliphatic carbocycles. The Bertz CT molecular complexity index is 1060. The Kier molecular flexibility index (Phi) is 4.42. The fourth-order valence-corrected chi connectivity index (χ4v) is 4.97. The maximum Gasteiger partial charge on any atom is 0.243 e. The van der Waals surface area contributed by atoms with Gasteiger partial charge in [0.1, 0.15) is 5.75 Å². The number of sulfonamides is 1. The molecule has 0 unspecified atom stereocenters. The predicted molar refractivity (Wildman–Crippen MR) is 102 cm³/mol. The molecule has 0 bridgehead atoms. The average molecular weight is 391 g/mol. The van der Waals surface area contributed by atoms with Crippen LogP contribution in [0, 0.1) is 0 Å². The van der Waals surface area contributed by atoms with Crippen molar-refractivity contribution in [1.82, 2.24) is 9.29 Å². The number of nitrogens with one attached hydrogen (secondary N) is 1. The molecular formula is C19H19ClN2O3S. The van der Waals surface area contributed by atoms with E-state index in [4.69, 9.17) is 16.3 Å². The summed E-state index contributed by atoms with van der Waals surface area (Å²) in [4.78, 5) is 3.66. The highest BCUT2D eigenvalue weighted by atomic mass is 35.5. The number of aromatic nitrogens is 1. The van der Waals surface area contributed by atoms with Crippen molar-refractivity contribution in [2.75, 3.05) is 13.2 Å². The highest BCUT2D eigenvalue weighted by Gasteiger charge is 2.30. The molecule has 26 heavy (non-hydrogen) atoms. The van der Waals surface area contributed by atoms with Crippen molar-refractivity contribution < 1.29 is 13.2 Å². The van der Waals surface area contributed by atoms with Crippen LogP contribution >= 0.6 is 11.6 Å². The van der Waals surface area contributed by atoms with E-state index in [1.54, 1.807) is 24.3 Å². The fourth-order valence-electron chi connectivity index (χ4n) is 3.39. The Morgan fingerprint density at radius 3 is 2.69 bits per heavy atom. The van der Waals surface area contributed by atoms with Crippen molar-refractivity contribution >= 4 is 32.5 Å². The molecule has 1 N–H and O–H groups in total. The predicted octanol–water partition coefficient (Wildman–Crippen LogP) is 3.97. The van der Waals surface area contributed by atoms with E-state index in [9.17, 15) is 8.42 Å². The van der Waals surface area contributed by atoms with Crippen LogP contribution < -0.4 is 4.74 Å².